The molecule has 0 bridgehead atoms. The van der Waals surface area contributed by atoms with Crippen LogP contribution >= 0.6 is 0 Å². The molecule has 2 N–H and O–H groups in total. The number of carbonyl (C=O) groups is 2. The lowest BCUT2D eigenvalue weighted by Crippen LogP contribution is -2.61. The van der Waals surface area contributed by atoms with Gasteiger partial charge in [-0.1, -0.05) is 42.5 Å². The second-order valence-corrected chi connectivity index (χ2v) is 7.55. The molecule has 1 spiro atoms. The van der Waals surface area contributed by atoms with Crippen molar-refractivity contribution in [2.45, 2.75) is 18.7 Å². The van der Waals surface area contributed by atoms with Gasteiger partial charge in [0.05, 0.1) is 12.5 Å². The molecule has 2 aliphatic heterocycles. The second kappa shape index (κ2) is 8.31. The third-order valence-corrected chi connectivity index (χ3v) is 5.54. The third kappa shape index (κ3) is 4.16. The van der Waals surface area contributed by atoms with E-state index in [1.165, 1.54) is 12.1 Å². The Labute approximate surface area is 169 Å². The molecular weight excluding hydrogens is 373 g/mol. The van der Waals surface area contributed by atoms with Crippen LogP contribution < -0.4 is 10.6 Å². The number of amides is 2. The predicted octanol–water partition coefficient (Wildman–Crippen LogP) is 1.46. The summed E-state index contributed by atoms with van der Waals surface area (Å²) >= 11 is 0. The van der Waals surface area contributed by atoms with Gasteiger partial charge in [-0.2, -0.15) is 0 Å². The van der Waals surface area contributed by atoms with Crippen LogP contribution in [0.25, 0.3) is 0 Å². The van der Waals surface area contributed by atoms with Gasteiger partial charge in [-0.3, -0.25) is 14.5 Å². The molecule has 29 heavy (non-hydrogen) atoms. The summed E-state index contributed by atoms with van der Waals surface area (Å²) in [7, 11) is 0. The lowest BCUT2D eigenvalue weighted by molar-refractivity contribution is -0.163. The zero-order valence-corrected chi connectivity index (χ0v) is 16.1. The molecule has 7 heteroatoms. The van der Waals surface area contributed by atoms with Gasteiger partial charge in [-0.05, 0) is 23.3 Å². The van der Waals surface area contributed by atoms with E-state index in [1.54, 1.807) is 12.1 Å². The summed E-state index contributed by atoms with van der Waals surface area (Å²) in [6.45, 7) is 2.44. The van der Waals surface area contributed by atoms with Gasteiger partial charge in [0.1, 0.15) is 5.82 Å². The van der Waals surface area contributed by atoms with E-state index in [0.29, 0.717) is 39.3 Å². The van der Waals surface area contributed by atoms with Gasteiger partial charge in [0.2, 0.25) is 5.91 Å². The number of carbonyl (C=O) groups excluding carboxylic acids is 2. The first kappa shape index (κ1) is 19.5. The number of likely N-dealkylation sites (tertiary alicyclic amines) is 1. The Morgan fingerprint density at radius 3 is 2.66 bits per heavy atom. The van der Waals surface area contributed by atoms with Gasteiger partial charge in [-0.25, -0.2) is 4.39 Å². The molecule has 2 atom stereocenters. The Balaban J connectivity index is 1.50. The molecule has 4 rings (SSSR count). The van der Waals surface area contributed by atoms with Crippen LogP contribution in [0.5, 0.6) is 0 Å². The van der Waals surface area contributed by atoms with Crippen LogP contribution in [0.15, 0.2) is 54.6 Å². The number of nitrogens with zero attached hydrogens (tertiary/aromatic N) is 1. The molecule has 6 nitrogen and oxygen atoms in total. The molecule has 0 aliphatic carbocycles. The maximum atomic E-state index is 13.2. The fourth-order valence-electron chi connectivity index (χ4n) is 4.07. The van der Waals surface area contributed by atoms with Gasteiger partial charge >= 0.3 is 0 Å². The van der Waals surface area contributed by atoms with E-state index in [-0.39, 0.29) is 17.6 Å². The molecule has 152 valence electrons. The molecule has 0 saturated carbocycles. The highest BCUT2D eigenvalue weighted by Crippen LogP contribution is 2.34. The summed E-state index contributed by atoms with van der Waals surface area (Å²) in [5.74, 6) is -1.36. The van der Waals surface area contributed by atoms with Gasteiger partial charge in [0.25, 0.3) is 5.91 Å². The fraction of sp³-hybridized carbons (Fsp3) is 0.364. The number of nitrogens with one attached hydrogen (secondary N) is 2. The van der Waals surface area contributed by atoms with Crippen LogP contribution in [0.2, 0.25) is 0 Å². The molecule has 0 radical (unpaired) electrons. The van der Waals surface area contributed by atoms with E-state index >= 15 is 0 Å². The second-order valence-electron chi connectivity index (χ2n) is 7.55. The van der Waals surface area contributed by atoms with Gasteiger partial charge in [0.15, 0.2) is 5.60 Å². The smallest absolute Gasteiger partial charge is 0.254 e. The SMILES string of the molecule is O=C(NCc1ccccc1)[C@H]1CN(Cc2ccc(F)cc2)C[C@@]12OCCNC2=O. The molecule has 2 aromatic rings. The van der Waals surface area contributed by atoms with Crippen molar-refractivity contribution in [2.75, 3.05) is 26.2 Å². The summed E-state index contributed by atoms with van der Waals surface area (Å²) in [5.41, 5.74) is 0.715. The zero-order valence-electron chi connectivity index (χ0n) is 16.1. The number of hydrogen-bond acceptors (Lipinski definition) is 4. The van der Waals surface area contributed by atoms with Gasteiger partial charge in [-0.15, -0.1) is 0 Å². The minimum Gasteiger partial charge on any atom is -0.361 e. The monoisotopic (exact) mass is 397 g/mol. The number of hydrogen-bond donors (Lipinski definition) is 2. The number of rotatable bonds is 5. The first-order chi connectivity index (χ1) is 14.1. The minimum absolute atomic E-state index is 0.201. The van der Waals surface area contributed by atoms with Crippen molar-refractivity contribution in [1.82, 2.24) is 15.5 Å². The van der Waals surface area contributed by atoms with Crippen molar-refractivity contribution in [3.8, 4) is 0 Å². The summed E-state index contributed by atoms with van der Waals surface area (Å²) in [4.78, 5) is 27.8. The Bertz CT molecular complexity index is 875. The molecular formula is C22H24FN3O3. The van der Waals surface area contributed by atoms with Crippen LogP contribution in [0, 0.1) is 11.7 Å². The van der Waals surface area contributed by atoms with Crippen molar-refractivity contribution in [3.63, 3.8) is 0 Å². The Hall–Kier alpha value is -2.77. The quantitative estimate of drug-likeness (QED) is 0.802. The lowest BCUT2D eigenvalue weighted by atomic mass is 9.87. The van der Waals surface area contributed by atoms with Crippen LogP contribution in [0.1, 0.15) is 11.1 Å². The van der Waals surface area contributed by atoms with E-state index in [0.717, 1.165) is 11.1 Å². The van der Waals surface area contributed by atoms with Crippen LogP contribution in [0.4, 0.5) is 4.39 Å². The Morgan fingerprint density at radius 1 is 1.17 bits per heavy atom. The van der Waals surface area contributed by atoms with Crippen molar-refractivity contribution < 1.29 is 18.7 Å². The molecule has 2 saturated heterocycles. The number of morpholine rings is 1. The van der Waals surface area contributed by atoms with Gasteiger partial charge in [0, 0.05) is 32.7 Å². The molecule has 2 amide bonds. The Kier molecular flexibility index (Phi) is 5.60. The predicted molar refractivity (Wildman–Crippen MR) is 105 cm³/mol. The highest BCUT2D eigenvalue weighted by Gasteiger charge is 2.57. The number of benzene rings is 2. The lowest BCUT2D eigenvalue weighted by Gasteiger charge is -2.36. The average molecular weight is 397 g/mol. The van der Waals surface area contributed by atoms with E-state index in [1.807, 2.05) is 35.2 Å². The molecule has 2 fully saturated rings. The maximum absolute atomic E-state index is 13.2. The highest BCUT2D eigenvalue weighted by molar-refractivity contribution is 5.94. The molecule has 2 aromatic carbocycles. The highest BCUT2D eigenvalue weighted by atomic mass is 19.1. The molecule has 0 unspecified atom stereocenters. The van der Waals surface area contributed by atoms with Gasteiger partial charge < -0.3 is 15.4 Å². The standard InChI is InChI=1S/C22H24FN3O3/c23-18-8-6-17(7-9-18)13-26-14-19(22(15-26)21(28)24-10-11-29-22)20(27)25-12-16-4-2-1-3-5-16/h1-9,19H,10-15H2,(H,24,28)(H,25,27)/t19-,22-/m1/s1. The first-order valence-corrected chi connectivity index (χ1v) is 9.77. The van der Waals surface area contributed by atoms with E-state index in [2.05, 4.69) is 10.6 Å². The van der Waals surface area contributed by atoms with E-state index in [4.69, 9.17) is 4.74 Å². The number of halogens is 1. The maximum Gasteiger partial charge on any atom is 0.254 e. The summed E-state index contributed by atoms with van der Waals surface area (Å²) < 4.78 is 19.1. The largest absolute Gasteiger partial charge is 0.361 e. The number of ether oxygens (including phenoxy) is 1. The molecule has 2 aliphatic rings. The van der Waals surface area contributed by atoms with E-state index < -0.39 is 11.5 Å². The van der Waals surface area contributed by atoms with Crippen LogP contribution in [-0.4, -0.2) is 48.6 Å². The topological polar surface area (TPSA) is 70.7 Å². The van der Waals surface area contributed by atoms with E-state index in [9.17, 15) is 14.0 Å². The van der Waals surface area contributed by atoms with Crippen molar-refractivity contribution in [2.24, 2.45) is 5.92 Å². The minimum atomic E-state index is -1.20. The summed E-state index contributed by atoms with van der Waals surface area (Å²) in [5, 5.41) is 5.79. The van der Waals surface area contributed by atoms with Crippen molar-refractivity contribution in [3.05, 3.63) is 71.5 Å². The average Bonchev–Trinajstić information content (AvgIpc) is 3.10. The third-order valence-electron chi connectivity index (χ3n) is 5.54. The zero-order chi connectivity index (χ0) is 20.3. The van der Waals surface area contributed by atoms with Crippen molar-refractivity contribution in [1.29, 1.82) is 0 Å². The molecule has 2 heterocycles. The Morgan fingerprint density at radius 2 is 1.93 bits per heavy atom. The fourth-order valence-corrected chi connectivity index (χ4v) is 4.07. The summed E-state index contributed by atoms with van der Waals surface area (Å²) in [6, 6.07) is 15.9. The van der Waals surface area contributed by atoms with Crippen LogP contribution in [0.3, 0.4) is 0 Å². The van der Waals surface area contributed by atoms with Crippen molar-refractivity contribution >= 4 is 11.8 Å². The summed E-state index contributed by atoms with van der Waals surface area (Å²) in [6.07, 6.45) is 0. The van der Waals surface area contributed by atoms with Crippen LogP contribution in [-0.2, 0) is 27.4 Å². The first-order valence-electron chi connectivity index (χ1n) is 9.77. The normalized spacial score (nSPS) is 24.4. The molecule has 0 aromatic heterocycles.